The van der Waals surface area contributed by atoms with Crippen molar-refractivity contribution >= 4 is 12.4 Å². The maximum atomic E-state index is 6.38. The van der Waals surface area contributed by atoms with Crippen LogP contribution in [0.4, 0.5) is 0 Å². The molecule has 0 bridgehead atoms. The Kier molecular flexibility index (Phi) is 6.51. The molecule has 1 aliphatic rings. The minimum Gasteiger partial charge on any atom is -0.494 e. The number of benzene rings is 1. The van der Waals surface area contributed by atoms with E-state index in [-0.39, 0.29) is 18.4 Å². The van der Waals surface area contributed by atoms with Crippen molar-refractivity contribution in [2.24, 2.45) is 11.7 Å². The van der Waals surface area contributed by atoms with E-state index < -0.39 is 0 Å². The summed E-state index contributed by atoms with van der Waals surface area (Å²) in [5.41, 5.74) is 7.60. The number of hydrogen-bond acceptors (Lipinski definition) is 2. The van der Waals surface area contributed by atoms with Crippen molar-refractivity contribution in [3.8, 4) is 5.75 Å². The zero-order valence-electron chi connectivity index (χ0n) is 11.1. The van der Waals surface area contributed by atoms with Crippen molar-refractivity contribution in [1.29, 1.82) is 0 Å². The first-order valence-corrected chi connectivity index (χ1v) is 6.79. The number of nitrogens with two attached hydrogens (primary N) is 1. The lowest BCUT2D eigenvalue weighted by atomic mass is 9.81. The maximum absolute atomic E-state index is 6.38. The van der Waals surface area contributed by atoms with Gasteiger partial charge in [-0.1, -0.05) is 31.4 Å². The van der Waals surface area contributed by atoms with Crippen LogP contribution in [0, 0.1) is 5.92 Å². The van der Waals surface area contributed by atoms with Crippen LogP contribution < -0.4 is 10.5 Å². The highest BCUT2D eigenvalue weighted by Gasteiger charge is 2.21. The summed E-state index contributed by atoms with van der Waals surface area (Å²) in [6.07, 6.45) is 6.61. The van der Waals surface area contributed by atoms with E-state index in [0.717, 1.165) is 5.75 Å². The molecule has 2 N–H and O–H groups in total. The highest BCUT2D eigenvalue weighted by Crippen LogP contribution is 2.33. The molecule has 1 saturated carbocycles. The van der Waals surface area contributed by atoms with Crippen LogP contribution in [0.5, 0.6) is 5.75 Å². The van der Waals surface area contributed by atoms with E-state index in [1.54, 1.807) is 0 Å². The molecule has 0 aromatic heterocycles. The SMILES string of the molecule is CCOc1cccc([C@H](N)C2CCCCC2)c1.Cl. The van der Waals surface area contributed by atoms with Gasteiger partial charge in [-0.2, -0.15) is 0 Å². The Balaban J connectivity index is 0.00000162. The minimum absolute atomic E-state index is 0. The molecule has 1 aromatic carbocycles. The number of ether oxygens (including phenoxy) is 1. The van der Waals surface area contributed by atoms with Gasteiger partial charge in [-0.05, 0) is 43.4 Å². The smallest absolute Gasteiger partial charge is 0.119 e. The molecule has 0 amide bonds. The molecule has 1 atom stereocenters. The van der Waals surface area contributed by atoms with Gasteiger partial charge in [0.15, 0.2) is 0 Å². The summed E-state index contributed by atoms with van der Waals surface area (Å²) in [5, 5.41) is 0. The lowest BCUT2D eigenvalue weighted by Gasteiger charge is -2.27. The summed E-state index contributed by atoms with van der Waals surface area (Å²) in [4.78, 5) is 0. The second kappa shape index (κ2) is 7.65. The molecule has 0 radical (unpaired) electrons. The topological polar surface area (TPSA) is 35.2 Å². The van der Waals surface area contributed by atoms with Crippen molar-refractivity contribution in [3.63, 3.8) is 0 Å². The lowest BCUT2D eigenvalue weighted by molar-refractivity contribution is 0.306. The highest BCUT2D eigenvalue weighted by molar-refractivity contribution is 5.85. The molecule has 3 heteroatoms. The van der Waals surface area contributed by atoms with Crippen LogP contribution in [-0.2, 0) is 0 Å². The monoisotopic (exact) mass is 269 g/mol. The van der Waals surface area contributed by atoms with Crippen molar-refractivity contribution < 1.29 is 4.74 Å². The Morgan fingerprint density at radius 3 is 2.67 bits per heavy atom. The first kappa shape index (κ1) is 15.3. The fourth-order valence-electron chi connectivity index (χ4n) is 2.74. The third-order valence-electron chi connectivity index (χ3n) is 3.71. The van der Waals surface area contributed by atoms with Crippen molar-refractivity contribution in [2.75, 3.05) is 6.61 Å². The van der Waals surface area contributed by atoms with Gasteiger partial charge in [0, 0.05) is 6.04 Å². The van der Waals surface area contributed by atoms with Gasteiger partial charge in [-0.3, -0.25) is 0 Å². The van der Waals surface area contributed by atoms with Gasteiger partial charge < -0.3 is 10.5 Å². The van der Waals surface area contributed by atoms with Crippen LogP contribution in [-0.4, -0.2) is 6.61 Å². The van der Waals surface area contributed by atoms with Crippen LogP contribution in [0.25, 0.3) is 0 Å². The standard InChI is InChI=1S/C15H23NO.ClH/c1-2-17-14-10-6-9-13(11-14)15(16)12-7-4-3-5-8-12;/h6,9-12,15H,2-5,7-8,16H2,1H3;1H/t15-;/m1./s1. The molecule has 1 aromatic rings. The summed E-state index contributed by atoms with van der Waals surface area (Å²) >= 11 is 0. The van der Waals surface area contributed by atoms with Gasteiger partial charge in [0.2, 0.25) is 0 Å². The molecule has 18 heavy (non-hydrogen) atoms. The maximum Gasteiger partial charge on any atom is 0.119 e. The first-order valence-electron chi connectivity index (χ1n) is 6.79. The van der Waals surface area contributed by atoms with Crippen LogP contribution in [0.3, 0.4) is 0 Å². The highest BCUT2D eigenvalue weighted by atomic mass is 35.5. The molecule has 102 valence electrons. The normalized spacial score (nSPS) is 17.9. The van der Waals surface area contributed by atoms with Gasteiger partial charge in [0.25, 0.3) is 0 Å². The van der Waals surface area contributed by atoms with E-state index >= 15 is 0 Å². The Morgan fingerprint density at radius 1 is 1.28 bits per heavy atom. The van der Waals surface area contributed by atoms with Crippen LogP contribution in [0.15, 0.2) is 24.3 Å². The molecule has 0 heterocycles. The summed E-state index contributed by atoms with van der Waals surface area (Å²) in [7, 11) is 0. The average Bonchev–Trinajstić information content (AvgIpc) is 2.40. The van der Waals surface area contributed by atoms with E-state index in [1.807, 2.05) is 19.1 Å². The Morgan fingerprint density at radius 2 is 2.00 bits per heavy atom. The predicted octanol–water partition coefficient (Wildman–Crippen LogP) is 4.09. The third-order valence-corrected chi connectivity index (χ3v) is 3.71. The zero-order chi connectivity index (χ0) is 12.1. The Bertz CT molecular complexity index is 350. The van der Waals surface area contributed by atoms with Crippen molar-refractivity contribution in [1.82, 2.24) is 0 Å². The second-order valence-corrected chi connectivity index (χ2v) is 4.93. The fraction of sp³-hybridized carbons (Fsp3) is 0.600. The molecule has 0 aliphatic heterocycles. The summed E-state index contributed by atoms with van der Waals surface area (Å²) in [6.45, 7) is 2.72. The summed E-state index contributed by atoms with van der Waals surface area (Å²) in [6, 6.07) is 8.45. The third kappa shape index (κ3) is 3.89. The Labute approximate surface area is 116 Å². The Hall–Kier alpha value is -0.730. The largest absolute Gasteiger partial charge is 0.494 e. The number of halogens is 1. The first-order chi connectivity index (χ1) is 8.31. The number of rotatable bonds is 4. The quantitative estimate of drug-likeness (QED) is 0.894. The molecule has 0 unspecified atom stereocenters. The van der Waals surface area contributed by atoms with Gasteiger partial charge in [0.05, 0.1) is 6.61 Å². The van der Waals surface area contributed by atoms with E-state index in [2.05, 4.69) is 12.1 Å². The fourth-order valence-corrected chi connectivity index (χ4v) is 2.74. The van der Waals surface area contributed by atoms with E-state index in [4.69, 9.17) is 10.5 Å². The van der Waals surface area contributed by atoms with Gasteiger partial charge in [-0.25, -0.2) is 0 Å². The molecule has 1 fully saturated rings. The molecule has 0 saturated heterocycles. The van der Waals surface area contributed by atoms with Gasteiger partial charge in [-0.15, -0.1) is 12.4 Å². The summed E-state index contributed by atoms with van der Waals surface area (Å²) < 4.78 is 5.53. The van der Waals surface area contributed by atoms with E-state index in [1.165, 1.54) is 37.7 Å². The zero-order valence-corrected chi connectivity index (χ0v) is 11.9. The number of hydrogen-bond donors (Lipinski definition) is 1. The van der Waals surface area contributed by atoms with Crippen molar-refractivity contribution in [3.05, 3.63) is 29.8 Å². The summed E-state index contributed by atoms with van der Waals surface area (Å²) in [5.74, 6) is 1.59. The van der Waals surface area contributed by atoms with Gasteiger partial charge in [0.1, 0.15) is 5.75 Å². The van der Waals surface area contributed by atoms with Crippen LogP contribution in [0.1, 0.15) is 50.6 Å². The van der Waals surface area contributed by atoms with Crippen LogP contribution >= 0.6 is 12.4 Å². The lowest BCUT2D eigenvalue weighted by Crippen LogP contribution is -2.23. The molecule has 1 aliphatic carbocycles. The molecule has 2 rings (SSSR count). The van der Waals surface area contributed by atoms with Crippen molar-refractivity contribution in [2.45, 2.75) is 45.1 Å². The second-order valence-electron chi connectivity index (χ2n) is 4.93. The average molecular weight is 270 g/mol. The molecule has 2 nitrogen and oxygen atoms in total. The van der Waals surface area contributed by atoms with E-state index in [0.29, 0.717) is 12.5 Å². The van der Waals surface area contributed by atoms with E-state index in [9.17, 15) is 0 Å². The molecular weight excluding hydrogens is 246 g/mol. The molecule has 0 spiro atoms. The van der Waals surface area contributed by atoms with Crippen LogP contribution in [0.2, 0.25) is 0 Å². The molecular formula is C15H24ClNO. The minimum atomic E-state index is 0. The van der Waals surface area contributed by atoms with Gasteiger partial charge >= 0.3 is 0 Å². The predicted molar refractivity (Wildman–Crippen MR) is 78.4 cm³/mol.